The number of aromatic nitrogens is 1. The van der Waals surface area contributed by atoms with Gasteiger partial charge in [-0.2, -0.15) is 0 Å². The van der Waals surface area contributed by atoms with Crippen molar-refractivity contribution >= 4 is 27.6 Å². The number of nitrogens with zero attached hydrogens (tertiary/aromatic N) is 2. The zero-order valence-electron chi connectivity index (χ0n) is 16.1. The minimum absolute atomic E-state index is 0.0202. The van der Waals surface area contributed by atoms with Gasteiger partial charge in [-0.15, -0.1) is 0 Å². The Morgan fingerprint density at radius 1 is 1.17 bits per heavy atom. The van der Waals surface area contributed by atoms with Gasteiger partial charge in [0.1, 0.15) is 33.6 Å². The van der Waals surface area contributed by atoms with Gasteiger partial charge in [0, 0.05) is 5.56 Å². The van der Waals surface area contributed by atoms with E-state index in [4.69, 9.17) is 5.73 Å². The van der Waals surface area contributed by atoms with Crippen molar-refractivity contribution in [2.45, 2.75) is 31.1 Å². The Labute approximate surface area is 167 Å². The van der Waals surface area contributed by atoms with E-state index >= 15 is 0 Å². The van der Waals surface area contributed by atoms with Crippen molar-refractivity contribution in [1.29, 1.82) is 0 Å². The Bertz CT molecular complexity index is 1130. The summed E-state index contributed by atoms with van der Waals surface area (Å²) in [5, 5.41) is 0. The van der Waals surface area contributed by atoms with Crippen LogP contribution < -0.4 is 5.73 Å². The number of benzene rings is 1. The third-order valence-electron chi connectivity index (χ3n) is 5.07. The second kappa shape index (κ2) is 6.98. The molecule has 1 aromatic carbocycles. The van der Waals surface area contributed by atoms with Gasteiger partial charge >= 0.3 is 0 Å². The summed E-state index contributed by atoms with van der Waals surface area (Å²) in [6.45, 7) is 4.36. The van der Waals surface area contributed by atoms with Gasteiger partial charge in [-0.1, -0.05) is 6.07 Å². The molecule has 0 radical (unpaired) electrons. The Morgan fingerprint density at radius 3 is 2.45 bits per heavy atom. The molecule has 1 atom stereocenters. The van der Waals surface area contributed by atoms with Crippen LogP contribution in [0.3, 0.4) is 0 Å². The lowest BCUT2D eigenvalue weighted by Crippen LogP contribution is -2.55. The molecule has 1 aromatic heterocycles. The molecule has 5 nitrogen and oxygen atoms in total. The van der Waals surface area contributed by atoms with Crippen molar-refractivity contribution in [2.24, 2.45) is 10.7 Å². The molecule has 0 saturated heterocycles. The average molecular weight is 423 g/mol. The lowest BCUT2D eigenvalue weighted by molar-refractivity contribution is 0.475. The van der Waals surface area contributed by atoms with Crippen LogP contribution in [0, 0.1) is 11.6 Å². The van der Waals surface area contributed by atoms with Gasteiger partial charge < -0.3 is 5.73 Å². The van der Waals surface area contributed by atoms with Crippen molar-refractivity contribution in [1.82, 2.24) is 4.98 Å². The summed E-state index contributed by atoms with van der Waals surface area (Å²) >= 11 is 0. The molecule has 154 valence electrons. The van der Waals surface area contributed by atoms with Crippen LogP contribution in [0.5, 0.6) is 0 Å². The SMILES string of the molecule is CC1(C)C(N)=N[C@](C)(c2cc(/C=C(\F)c3ccc(F)cn3)ccc2F)CS1(=O)=O. The maximum Gasteiger partial charge on any atom is 0.165 e. The van der Waals surface area contributed by atoms with Crippen molar-refractivity contribution in [2.75, 3.05) is 5.75 Å². The number of amidine groups is 1. The van der Waals surface area contributed by atoms with E-state index in [2.05, 4.69) is 9.98 Å². The van der Waals surface area contributed by atoms with Crippen LogP contribution in [0.4, 0.5) is 13.2 Å². The first kappa shape index (κ1) is 21.0. The molecule has 0 fully saturated rings. The molecule has 0 aliphatic carbocycles. The van der Waals surface area contributed by atoms with Crippen LogP contribution >= 0.6 is 0 Å². The van der Waals surface area contributed by atoms with Gasteiger partial charge in [0.15, 0.2) is 9.84 Å². The molecule has 29 heavy (non-hydrogen) atoms. The summed E-state index contributed by atoms with van der Waals surface area (Å²) in [5.41, 5.74) is 4.59. The van der Waals surface area contributed by atoms with Crippen LogP contribution in [0.15, 0.2) is 41.5 Å². The summed E-state index contributed by atoms with van der Waals surface area (Å²) < 4.78 is 66.0. The monoisotopic (exact) mass is 423 g/mol. The minimum Gasteiger partial charge on any atom is -0.386 e. The largest absolute Gasteiger partial charge is 0.386 e. The van der Waals surface area contributed by atoms with Crippen LogP contribution in [-0.4, -0.2) is 29.7 Å². The molecule has 1 aliphatic rings. The first-order valence-corrected chi connectivity index (χ1v) is 10.4. The van der Waals surface area contributed by atoms with Crippen LogP contribution in [-0.2, 0) is 15.4 Å². The molecule has 0 saturated carbocycles. The third kappa shape index (κ3) is 3.78. The van der Waals surface area contributed by atoms with Crippen molar-refractivity contribution < 1.29 is 21.6 Å². The van der Waals surface area contributed by atoms with Crippen molar-refractivity contribution in [3.63, 3.8) is 0 Å². The number of aliphatic imine (C=N–C) groups is 1. The standard InChI is InChI=1S/C20H20F3N3O2S/c1-19(2)18(24)26-20(3,11-29(19,27)28)14-8-12(4-6-15(14)22)9-16(23)17-7-5-13(21)10-25-17/h4-10H,11H2,1-3H3,(H2,24,26)/b16-9-/t20-/m0/s1. The quantitative estimate of drug-likeness (QED) is 0.817. The Kier molecular flexibility index (Phi) is 5.06. The van der Waals surface area contributed by atoms with E-state index in [0.29, 0.717) is 0 Å². The molecule has 0 amide bonds. The highest BCUT2D eigenvalue weighted by Gasteiger charge is 2.49. The summed E-state index contributed by atoms with van der Waals surface area (Å²) in [5.74, 6) is -2.60. The molecule has 2 heterocycles. The zero-order valence-corrected chi connectivity index (χ0v) is 16.9. The second-order valence-electron chi connectivity index (χ2n) is 7.63. The van der Waals surface area contributed by atoms with Crippen LogP contribution in [0.25, 0.3) is 11.9 Å². The molecule has 0 spiro atoms. The number of nitrogens with two attached hydrogens (primary N) is 1. The van der Waals surface area contributed by atoms with Gasteiger partial charge in [-0.25, -0.2) is 21.6 Å². The second-order valence-corrected chi connectivity index (χ2v) is 10.2. The van der Waals surface area contributed by atoms with E-state index in [9.17, 15) is 21.6 Å². The smallest absolute Gasteiger partial charge is 0.165 e. The molecule has 1 aliphatic heterocycles. The molecule has 0 bridgehead atoms. The predicted octanol–water partition coefficient (Wildman–Crippen LogP) is 3.61. The fourth-order valence-electron chi connectivity index (χ4n) is 3.06. The fraction of sp³-hybridized carbons (Fsp3) is 0.300. The molecular weight excluding hydrogens is 403 g/mol. The number of rotatable bonds is 3. The number of sulfone groups is 1. The van der Waals surface area contributed by atoms with Gasteiger partial charge in [0.25, 0.3) is 0 Å². The zero-order chi connectivity index (χ0) is 21.6. The topological polar surface area (TPSA) is 85.4 Å². The normalized spacial score (nSPS) is 23.5. The fourth-order valence-corrected chi connectivity index (χ4v) is 4.75. The summed E-state index contributed by atoms with van der Waals surface area (Å²) in [6.07, 6.45) is 1.98. The van der Waals surface area contributed by atoms with E-state index in [1.165, 1.54) is 39.0 Å². The van der Waals surface area contributed by atoms with Gasteiger partial charge in [-0.3, -0.25) is 9.98 Å². The number of halogens is 3. The Balaban J connectivity index is 2.07. The summed E-state index contributed by atoms with van der Waals surface area (Å²) in [7, 11) is -3.72. The Morgan fingerprint density at radius 2 is 1.86 bits per heavy atom. The third-order valence-corrected chi connectivity index (χ3v) is 7.78. The van der Waals surface area contributed by atoms with Crippen LogP contribution in [0.1, 0.15) is 37.6 Å². The molecule has 2 N–H and O–H groups in total. The lowest BCUT2D eigenvalue weighted by Gasteiger charge is -2.38. The highest BCUT2D eigenvalue weighted by Crippen LogP contribution is 2.38. The van der Waals surface area contributed by atoms with E-state index in [1.54, 1.807) is 0 Å². The first-order chi connectivity index (χ1) is 13.4. The average Bonchev–Trinajstić information content (AvgIpc) is 2.62. The Hall–Kier alpha value is -2.68. The summed E-state index contributed by atoms with van der Waals surface area (Å²) in [4.78, 5) is 7.94. The van der Waals surface area contributed by atoms with E-state index in [1.807, 2.05) is 0 Å². The molecule has 9 heteroatoms. The minimum atomic E-state index is -3.72. The van der Waals surface area contributed by atoms with E-state index in [-0.39, 0.29) is 22.7 Å². The maximum atomic E-state index is 14.6. The number of pyridine rings is 1. The number of hydrogen-bond donors (Lipinski definition) is 1. The predicted molar refractivity (Wildman–Crippen MR) is 106 cm³/mol. The lowest BCUT2D eigenvalue weighted by atomic mass is 9.91. The van der Waals surface area contributed by atoms with E-state index < -0.39 is 43.3 Å². The van der Waals surface area contributed by atoms with Gasteiger partial charge in [0.05, 0.1) is 17.6 Å². The summed E-state index contributed by atoms with van der Waals surface area (Å²) in [6, 6.07) is 6.01. The molecular formula is C20H20F3N3O2S. The van der Waals surface area contributed by atoms with Crippen LogP contribution in [0.2, 0.25) is 0 Å². The van der Waals surface area contributed by atoms with E-state index in [0.717, 1.165) is 24.4 Å². The highest BCUT2D eigenvalue weighted by molar-refractivity contribution is 7.93. The maximum absolute atomic E-state index is 14.6. The van der Waals surface area contributed by atoms with Gasteiger partial charge in [0.2, 0.25) is 0 Å². The molecule has 2 aromatic rings. The van der Waals surface area contributed by atoms with Crippen molar-refractivity contribution in [3.05, 3.63) is 65.0 Å². The number of hydrogen-bond acceptors (Lipinski definition) is 5. The van der Waals surface area contributed by atoms with Crippen molar-refractivity contribution in [3.8, 4) is 0 Å². The van der Waals surface area contributed by atoms with Gasteiger partial charge in [-0.05, 0) is 56.7 Å². The molecule has 3 rings (SSSR count). The highest BCUT2D eigenvalue weighted by atomic mass is 32.2. The first-order valence-electron chi connectivity index (χ1n) is 8.73. The molecule has 0 unspecified atom stereocenters.